The highest BCUT2D eigenvalue weighted by Crippen LogP contribution is 2.20. The topological polar surface area (TPSA) is 66.0 Å². The number of hydrogen-bond acceptors (Lipinski definition) is 3. The lowest BCUT2D eigenvalue weighted by Crippen LogP contribution is -2.45. The number of likely N-dealkylation sites (N-methyl/N-ethyl adjacent to an activating group) is 1. The molecule has 0 aromatic heterocycles. The number of nitrogens with zero attached hydrogens (tertiary/aromatic N) is 2. The average Bonchev–Trinajstić information content (AvgIpc) is 2.39. The second kappa shape index (κ2) is 11.7. The number of methoxy groups -OCH3 is 1. The van der Waals surface area contributed by atoms with Crippen molar-refractivity contribution in [1.82, 2.24) is 15.5 Å². The normalized spacial score (nSPS) is 12.9. The Morgan fingerprint density at radius 1 is 1.36 bits per heavy atom. The summed E-state index contributed by atoms with van der Waals surface area (Å²) in [6, 6.07) is 0. The third kappa shape index (κ3) is 9.99. The van der Waals surface area contributed by atoms with Crippen LogP contribution in [0.25, 0.3) is 0 Å². The molecule has 1 amide bonds. The monoisotopic (exact) mass is 426 g/mol. The lowest BCUT2D eigenvalue weighted by molar-refractivity contribution is -0.127. The zero-order valence-corrected chi connectivity index (χ0v) is 16.9. The summed E-state index contributed by atoms with van der Waals surface area (Å²) in [6.07, 6.45) is 1.78. The van der Waals surface area contributed by atoms with Gasteiger partial charge in [0.2, 0.25) is 5.91 Å². The minimum atomic E-state index is -0.0474. The maximum atomic E-state index is 11.6. The molecule has 0 aromatic rings. The Morgan fingerprint density at radius 2 is 1.95 bits per heavy atom. The van der Waals surface area contributed by atoms with Crippen molar-refractivity contribution in [3.8, 4) is 0 Å². The van der Waals surface area contributed by atoms with Crippen molar-refractivity contribution in [3.63, 3.8) is 0 Å². The van der Waals surface area contributed by atoms with Crippen molar-refractivity contribution in [2.45, 2.75) is 26.9 Å². The quantitative estimate of drug-likeness (QED) is 0.280. The van der Waals surface area contributed by atoms with Crippen LogP contribution in [0.15, 0.2) is 17.6 Å². The molecular formula is C15H31IN4O2. The van der Waals surface area contributed by atoms with Crippen LogP contribution in [0, 0.1) is 5.41 Å². The fourth-order valence-electron chi connectivity index (χ4n) is 1.56. The van der Waals surface area contributed by atoms with Crippen LogP contribution in [0.2, 0.25) is 0 Å². The summed E-state index contributed by atoms with van der Waals surface area (Å²) >= 11 is 0. The maximum absolute atomic E-state index is 11.6. The summed E-state index contributed by atoms with van der Waals surface area (Å²) in [7, 11) is 5.12. The molecule has 1 unspecified atom stereocenters. The lowest BCUT2D eigenvalue weighted by atomic mass is 9.89. The van der Waals surface area contributed by atoms with Gasteiger partial charge in [0, 0.05) is 34.3 Å². The number of guanidine groups is 1. The molecule has 0 aliphatic heterocycles. The minimum Gasteiger partial charge on any atom is -0.379 e. The summed E-state index contributed by atoms with van der Waals surface area (Å²) in [6.45, 7) is 11.3. The van der Waals surface area contributed by atoms with Gasteiger partial charge in [-0.15, -0.1) is 30.6 Å². The van der Waals surface area contributed by atoms with E-state index < -0.39 is 0 Å². The summed E-state index contributed by atoms with van der Waals surface area (Å²) < 4.78 is 5.49. The van der Waals surface area contributed by atoms with E-state index >= 15 is 0 Å². The van der Waals surface area contributed by atoms with Gasteiger partial charge in [-0.25, -0.2) is 4.99 Å². The van der Waals surface area contributed by atoms with Crippen molar-refractivity contribution in [2.24, 2.45) is 10.4 Å². The Kier molecular flexibility index (Phi) is 12.5. The van der Waals surface area contributed by atoms with Crippen molar-refractivity contribution in [1.29, 1.82) is 0 Å². The van der Waals surface area contributed by atoms with Crippen molar-refractivity contribution in [2.75, 3.05) is 40.8 Å². The van der Waals surface area contributed by atoms with Crippen LogP contribution < -0.4 is 10.6 Å². The molecule has 7 heteroatoms. The van der Waals surface area contributed by atoms with Crippen molar-refractivity contribution >= 4 is 35.8 Å². The Balaban J connectivity index is 0. The fraction of sp³-hybridized carbons (Fsp3) is 0.733. The Labute approximate surface area is 151 Å². The fourth-order valence-corrected chi connectivity index (χ4v) is 1.56. The minimum absolute atomic E-state index is 0. The van der Waals surface area contributed by atoms with Gasteiger partial charge in [-0.2, -0.15) is 0 Å². The number of carbonyl (C=O) groups excluding carboxylic acids is 1. The van der Waals surface area contributed by atoms with Crippen molar-refractivity contribution in [3.05, 3.63) is 12.7 Å². The molecule has 0 aliphatic rings. The van der Waals surface area contributed by atoms with E-state index in [9.17, 15) is 4.79 Å². The van der Waals surface area contributed by atoms with E-state index in [-0.39, 0.29) is 47.9 Å². The molecule has 0 aromatic carbocycles. The van der Waals surface area contributed by atoms with E-state index in [1.807, 2.05) is 0 Å². The first kappa shape index (κ1) is 23.4. The number of aliphatic imine (C=N–C) groups is 1. The molecule has 0 bridgehead atoms. The second-order valence-electron chi connectivity index (χ2n) is 6.09. The molecule has 0 radical (unpaired) electrons. The largest absolute Gasteiger partial charge is 0.379 e. The molecule has 130 valence electrons. The van der Waals surface area contributed by atoms with Gasteiger partial charge in [-0.1, -0.05) is 26.8 Å². The molecule has 6 nitrogen and oxygen atoms in total. The highest BCUT2D eigenvalue weighted by atomic mass is 127. The first-order chi connectivity index (χ1) is 9.72. The molecule has 0 spiro atoms. The molecule has 0 aliphatic carbocycles. The van der Waals surface area contributed by atoms with Gasteiger partial charge in [-0.05, 0) is 5.41 Å². The number of hydrogen-bond donors (Lipinski definition) is 2. The van der Waals surface area contributed by atoms with E-state index in [0.717, 1.165) is 0 Å². The van der Waals surface area contributed by atoms with Crippen molar-refractivity contribution < 1.29 is 9.53 Å². The van der Waals surface area contributed by atoms with Crippen LogP contribution in [0.3, 0.4) is 0 Å². The van der Waals surface area contributed by atoms with Crippen LogP contribution in [-0.4, -0.2) is 63.7 Å². The first-order valence-electron chi connectivity index (χ1n) is 7.08. The summed E-state index contributed by atoms with van der Waals surface area (Å²) in [5.74, 6) is 0.533. The maximum Gasteiger partial charge on any atom is 0.243 e. The van der Waals surface area contributed by atoms with Gasteiger partial charge in [0.25, 0.3) is 0 Å². The van der Waals surface area contributed by atoms with Crippen LogP contribution in [0.5, 0.6) is 0 Å². The molecule has 22 heavy (non-hydrogen) atoms. The average molecular weight is 426 g/mol. The van der Waals surface area contributed by atoms with Gasteiger partial charge in [0.1, 0.15) is 6.54 Å². The number of nitrogens with one attached hydrogen (secondary N) is 2. The Morgan fingerprint density at radius 3 is 2.36 bits per heavy atom. The smallest absolute Gasteiger partial charge is 0.243 e. The number of amides is 1. The van der Waals surface area contributed by atoms with Crippen LogP contribution in [-0.2, 0) is 9.53 Å². The van der Waals surface area contributed by atoms with Gasteiger partial charge in [-0.3, -0.25) is 4.79 Å². The molecule has 0 rings (SSSR count). The van der Waals surface area contributed by atoms with Gasteiger partial charge in [0.15, 0.2) is 5.96 Å². The summed E-state index contributed by atoms with van der Waals surface area (Å²) in [4.78, 5) is 17.4. The third-order valence-electron chi connectivity index (χ3n) is 2.99. The number of ether oxygens (including phenoxy) is 1. The first-order valence-corrected chi connectivity index (χ1v) is 7.08. The van der Waals surface area contributed by atoms with E-state index in [1.165, 1.54) is 4.90 Å². The predicted octanol–water partition coefficient (Wildman–Crippen LogP) is 1.47. The summed E-state index contributed by atoms with van der Waals surface area (Å²) in [5.41, 5.74) is 0.0186. The van der Waals surface area contributed by atoms with Crippen LogP contribution >= 0.6 is 24.0 Å². The molecule has 0 saturated carbocycles. The van der Waals surface area contributed by atoms with Gasteiger partial charge >= 0.3 is 0 Å². The zero-order chi connectivity index (χ0) is 16.5. The van der Waals surface area contributed by atoms with E-state index in [1.54, 1.807) is 27.3 Å². The molecule has 0 saturated heterocycles. The summed E-state index contributed by atoms with van der Waals surface area (Å²) in [5, 5.41) is 6.29. The SMILES string of the molecule is C=CCNC(=NCC(=O)N(C)C)NCC(OC)C(C)(C)C.I. The standard InChI is InChI=1S/C15H30N4O2.HI/c1-8-9-16-14(18-11-13(20)19(5)6)17-10-12(21-7)15(2,3)4;/h8,12H,1,9-11H2,2-7H3,(H2,16,17,18);1H. The van der Waals surface area contributed by atoms with Gasteiger partial charge < -0.3 is 20.3 Å². The molecule has 2 N–H and O–H groups in total. The van der Waals surface area contributed by atoms with E-state index in [4.69, 9.17) is 4.74 Å². The second-order valence-corrected chi connectivity index (χ2v) is 6.09. The van der Waals surface area contributed by atoms with Crippen LogP contribution in [0.1, 0.15) is 20.8 Å². The number of carbonyl (C=O) groups is 1. The lowest BCUT2D eigenvalue weighted by Gasteiger charge is -2.30. The van der Waals surface area contributed by atoms with Gasteiger partial charge in [0.05, 0.1) is 6.10 Å². The number of rotatable bonds is 7. The third-order valence-corrected chi connectivity index (χ3v) is 2.99. The highest BCUT2D eigenvalue weighted by molar-refractivity contribution is 14.0. The molecule has 1 atom stereocenters. The van der Waals surface area contributed by atoms with Crippen LogP contribution in [0.4, 0.5) is 0 Å². The van der Waals surface area contributed by atoms with E-state index in [0.29, 0.717) is 19.0 Å². The number of halogens is 1. The Bertz CT molecular complexity index is 365. The Hall–Kier alpha value is -0.830. The molecular weight excluding hydrogens is 395 g/mol. The zero-order valence-electron chi connectivity index (χ0n) is 14.6. The van der Waals surface area contributed by atoms with E-state index in [2.05, 4.69) is 43.0 Å². The highest BCUT2D eigenvalue weighted by Gasteiger charge is 2.24. The predicted molar refractivity (Wildman–Crippen MR) is 103 cm³/mol. The molecule has 0 fully saturated rings. The molecule has 0 heterocycles.